The molecular weight excluding hydrogens is 364 g/mol. The third kappa shape index (κ3) is 4.63. The van der Waals surface area contributed by atoms with Crippen LogP contribution in [0.4, 0.5) is 17.5 Å². The molecule has 1 aliphatic rings. The smallest absolute Gasteiger partial charge is 0.229 e. The molecule has 0 saturated carbocycles. The van der Waals surface area contributed by atoms with Crippen molar-refractivity contribution in [3.05, 3.63) is 41.6 Å². The molecule has 1 unspecified atom stereocenters. The highest BCUT2D eigenvalue weighted by Gasteiger charge is 2.32. The quantitative estimate of drug-likeness (QED) is 0.761. The molecule has 27 heavy (non-hydrogen) atoms. The second-order valence-corrected chi connectivity index (χ2v) is 9.02. The van der Waals surface area contributed by atoms with Crippen molar-refractivity contribution in [1.29, 1.82) is 0 Å². The number of nitrogens with one attached hydrogen (secondary N) is 1. The maximum Gasteiger partial charge on any atom is 0.229 e. The molecule has 1 saturated heterocycles. The van der Waals surface area contributed by atoms with E-state index in [4.69, 9.17) is 0 Å². The van der Waals surface area contributed by atoms with Crippen LogP contribution in [0.15, 0.2) is 30.3 Å². The molecule has 144 valence electrons. The van der Waals surface area contributed by atoms with Crippen LogP contribution in [0, 0.1) is 6.92 Å². The summed E-state index contributed by atoms with van der Waals surface area (Å²) in [5.41, 5.74) is 2.22. The van der Waals surface area contributed by atoms with Gasteiger partial charge in [-0.05, 0) is 51.5 Å². The average Bonchev–Trinajstić information content (AvgIpc) is 2.95. The lowest BCUT2D eigenvalue weighted by Crippen LogP contribution is -2.36. The Labute approximate surface area is 159 Å². The van der Waals surface area contributed by atoms with Crippen molar-refractivity contribution in [2.24, 2.45) is 0 Å². The molecule has 1 atom stereocenters. The van der Waals surface area contributed by atoms with E-state index in [1.165, 1.54) is 6.92 Å². The van der Waals surface area contributed by atoms with Crippen molar-refractivity contribution in [1.82, 2.24) is 9.97 Å². The minimum atomic E-state index is -2.97. The van der Waals surface area contributed by atoms with Crippen LogP contribution in [0.25, 0.3) is 0 Å². The summed E-state index contributed by atoms with van der Waals surface area (Å²) in [6.07, 6.45) is 0.620. The SMILES string of the molecule is CCN(c1cc(C)nc(Nc2ccc(C(C)=O)cc2)n1)C1CCS(=O)(=O)C1. The molecule has 1 aromatic carbocycles. The summed E-state index contributed by atoms with van der Waals surface area (Å²) < 4.78 is 23.7. The van der Waals surface area contributed by atoms with Crippen molar-refractivity contribution in [3.8, 4) is 0 Å². The molecule has 3 rings (SSSR count). The Balaban J connectivity index is 1.84. The maximum absolute atomic E-state index is 11.8. The van der Waals surface area contributed by atoms with Gasteiger partial charge in [-0.1, -0.05) is 0 Å². The van der Waals surface area contributed by atoms with Gasteiger partial charge in [0.1, 0.15) is 5.82 Å². The molecule has 0 aliphatic carbocycles. The lowest BCUT2D eigenvalue weighted by atomic mass is 10.1. The van der Waals surface area contributed by atoms with E-state index in [9.17, 15) is 13.2 Å². The Morgan fingerprint density at radius 3 is 2.52 bits per heavy atom. The number of sulfone groups is 1. The number of anilines is 3. The van der Waals surface area contributed by atoms with Crippen LogP contribution < -0.4 is 10.2 Å². The Bertz CT molecular complexity index is 942. The predicted molar refractivity (Wildman–Crippen MR) is 107 cm³/mol. The van der Waals surface area contributed by atoms with Gasteiger partial charge in [-0.15, -0.1) is 0 Å². The van der Waals surface area contributed by atoms with Crippen LogP contribution in [0.1, 0.15) is 36.3 Å². The number of ketones is 1. The van der Waals surface area contributed by atoms with Crippen molar-refractivity contribution in [3.63, 3.8) is 0 Å². The molecule has 2 aromatic rings. The number of aromatic nitrogens is 2. The lowest BCUT2D eigenvalue weighted by Gasteiger charge is -2.28. The first kappa shape index (κ1) is 19.3. The van der Waals surface area contributed by atoms with Gasteiger partial charge in [0, 0.05) is 35.6 Å². The first-order valence-electron chi connectivity index (χ1n) is 8.98. The van der Waals surface area contributed by atoms with Gasteiger partial charge in [0.25, 0.3) is 0 Å². The van der Waals surface area contributed by atoms with Gasteiger partial charge < -0.3 is 10.2 Å². The van der Waals surface area contributed by atoms with Crippen LogP contribution in [0.3, 0.4) is 0 Å². The summed E-state index contributed by atoms with van der Waals surface area (Å²) in [5.74, 6) is 1.57. The first-order chi connectivity index (χ1) is 12.8. The summed E-state index contributed by atoms with van der Waals surface area (Å²) in [5, 5.41) is 3.16. The predicted octanol–water partition coefficient (Wildman–Crippen LogP) is 2.74. The Kier molecular flexibility index (Phi) is 5.46. The lowest BCUT2D eigenvalue weighted by molar-refractivity contribution is 0.101. The first-order valence-corrected chi connectivity index (χ1v) is 10.8. The zero-order valence-corrected chi connectivity index (χ0v) is 16.6. The number of carbonyl (C=O) groups excluding carboxylic acids is 1. The van der Waals surface area contributed by atoms with Crippen molar-refractivity contribution in [2.75, 3.05) is 28.3 Å². The van der Waals surface area contributed by atoms with E-state index in [1.54, 1.807) is 12.1 Å². The highest BCUT2D eigenvalue weighted by Crippen LogP contribution is 2.25. The van der Waals surface area contributed by atoms with E-state index < -0.39 is 9.84 Å². The van der Waals surface area contributed by atoms with E-state index >= 15 is 0 Å². The molecule has 2 heterocycles. The fraction of sp³-hybridized carbons (Fsp3) is 0.421. The number of carbonyl (C=O) groups is 1. The van der Waals surface area contributed by atoms with Crippen LogP contribution >= 0.6 is 0 Å². The molecule has 1 aliphatic heterocycles. The van der Waals surface area contributed by atoms with Crippen molar-refractivity contribution in [2.45, 2.75) is 33.2 Å². The number of benzene rings is 1. The van der Waals surface area contributed by atoms with Crippen LogP contribution in [0.5, 0.6) is 0 Å². The minimum absolute atomic E-state index is 0.0146. The van der Waals surface area contributed by atoms with E-state index in [-0.39, 0.29) is 23.3 Å². The third-order valence-electron chi connectivity index (χ3n) is 4.67. The standard InChI is InChI=1S/C19H24N4O3S/c1-4-23(17-9-10-27(25,26)12-17)18-11-13(2)20-19(22-18)21-16-7-5-15(6-8-16)14(3)24/h5-8,11,17H,4,9-10,12H2,1-3H3,(H,20,21,22). The third-order valence-corrected chi connectivity index (χ3v) is 6.42. The van der Waals surface area contributed by atoms with Gasteiger partial charge in [-0.25, -0.2) is 13.4 Å². The zero-order chi connectivity index (χ0) is 19.6. The number of hydrogen-bond acceptors (Lipinski definition) is 7. The Morgan fingerprint density at radius 1 is 1.26 bits per heavy atom. The van der Waals surface area contributed by atoms with Gasteiger partial charge in [0.2, 0.25) is 5.95 Å². The van der Waals surface area contributed by atoms with E-state index in [0.717, 1.165) is 17.2 Å². The Hall–Kier alpha value is -2.48. The molecule has 8 heteroatoms. The molecule has 0 bridgehead atoms. The van der Waals surface area contributed by atoms with Gasteiger partial charge >= 0.3 is 0 Å². The van der Waals surface area contributed by atoms with Crippen molar-refractivity contribution < 1.29 is 13.2 Å². The zero-order valence-electron chi connectivity index (χ0n) is 15.8. The van der Waals surface area contributed by atoms with Gasteiger partial charge in [-0.2, -0.15) is 4.98 Å². The largest absolute Gasteiger partial charge is 0.353 e. The molecule has 7 nitrogen and oxygen atoms in total. The van der Waals surface area contributed by atoms with Gasteiger partial charge in [0.05, 0.1) is 11.5 Å². The Morgan fingerprint density at radius 2 is 1.96 bits per heavy atom. The molecule has 0 amide bonds. The van der Waals surface area contributed by atoms with Crippen molar-refractivity contribution >= 4 is 33.1 Å². The van der Waals surface area contributed by atoms with Crippen LogP contribution in [-0.4, -0.2) is 48.3 Å². The monoisotopic (exact) mass is 388 g/mol. The summed E-state index contributed by atoms with van der Waals surface area (Å²) in [4.78, 5) is 22.4. The highest BCUT2D eigenvalue weighted by molar-refractivity contribution is 7.91. The fourth-order valence-corrected chi connectivity index (χ4v) is 5.03. The number of nitrogens with zero attached hydrogens (tertiary/aromatic N) is 3. The molecule has 1 fully saturated rings. The number of aryl methyl sites for hydroxylation is 1. The second-order valence-electron chi connectivity index (χ2n) is 6.79. The molecule has 1 N–H and O–H groups in total. The summed E-state index contributed by atoms with van der Waals surface area (Å²) >= 11 is 0. The maximum atomic E-state index is 11.8. The van der Waals surface area contributed by atoms with Gasteiger partial charge in [-0.3, -0.25) is 4.79 Å². The van der Waals surface area contributed by atoms with E-state index in [1.807, 2.05) is 36.9 Å². The van der Waals surface area contributed by atoms with E-state index in [2.05, 4.69) is 15.3 Å². The minimum Gasteiger partial charge on any atom is -0.353 e. The normalized spacial score (nSPS) is 18.3. The fourth-order valence-electron chi connectivity index (χ4n) is 3.30. The topological polar surface area (TPSA) is 92.3 Å². The van der Waals surface area contributed by atoms with Crippen LogP contribution in [0.2, 0.25) is 0 Å². The molecule has 0 radical (unpaired) electrons. The number of rotatable bonds is 6. The number of hydrogen-bond donors (Lipinski definition) is 1. The molecule has 0 spiro atoms. The van der Waals surface area contributed by atoms with Gasteiger partial charge in [0.15, 0.2) is 15.6 Å². The van der Waals surface area contributed by atoms with Crippen LogP contribution in [-0.2, 0) is 9.84 Å². The summed E-state index contributed by atoms with van der Waals surface area (Å²) in [7, 11) is -2.97. The second kappa shape index (κ2) is 7.64. The average molecular weight is 388 g/mol. The molecule has 1 aromatic heterocycles. The number of Topliss-reactive ketones (excluding diaryl/α,β-unsaturated/α-hetero) is 1. The molecular formula is C19H24N4O3S. The summed E-state index contributed by atoms with van der Waals surface area (Å²) in [6.45, 7) is 6.08. The summed E-state index contributed by atoms with van der Waals surface area (Å²) in [6, 6.07) is 8.94. The van der Waals surface area contributed by atoms with E-state index in [0.29, 0.717) is 24.5 Å². The highest BCUT2D eigenvalue weighted by atomic mass is 32.2.